The van der Waals surface area contributed by atoms with Crippen molar-refractivity contribution in [2.75, 3.05) is 23.9 Å². The first-order chi connectivity index (χ1) is 7.29. The Hall–Kier alpha value is -1.14. The SMILES string of the molecule is CSCCCNc1c(C)cccc1C#N. The van der Waals surface area contributed by atoms with Crippen LogP contribution in [0, 0.1) is 18.3 Å². The van der Waals surface area contributed by atoms with E-state index in [-0.39, 0.29) is 0 Å². The van der Waals surface area contributed by atoms with Crippen LogP contribution in [0.15, 0.2) is 18.2 Å². The van der Waals surface area contributed by atoms with Gasteiger partial charge in [-0.05, 0) is 37.0 Å². The predicted molar refractivity (Wildman–Crippen MR) is 67.4 cm³/mol. The second kappa shape index (κ2) is 6.36. The van der Waals surface area contributed by atoms with Gasteiger partial charge in [0.1, 0.15) is 6.07 Å². The van der Waals surface area contributed by atoms with Gasteiger partial charge in [-0.15, -0.1) is 0 Å². The second-order valence-corrected chi connectivity index (χ2v) is 4.37. The number of thioether (sulfide) groups is 1. The molecule has 0 saturated carbocycles. The fourth-order valence-corrected chi connectivity index (χ4v) is 1.86. The zero-order valence-corrected chi connectivity index (χ0v) is 10.0. The van der Waals surface area contributed by atoms with E-state index in [0.29, 0.717) is 0 Å². The van der Waals surface area contributed by atoms with Gasteiger partial charge in [0.2, 0.25) is 0 Å². The second-order valence-electron chi connectivity index (χ2n) is 3.38. The maximum absolute atomic E-state index is 8.95. The van der Waals surface area contributed by atoms with Crippen LogP contribution in [-0.4, -0.2) is 18.6 Å². The third-order valence-electron chi connectivity index (χ3n) is 2.22. The summed E-state index contributed by atoms with van der Waals surface area (Å²) in [7, 11) is 0. The van der Waals surface area contributed by atoms with E-state index in [9.17, 15) is 0 Å². The fraction of sp³-hybridized carbons (Fsp3) is 0.417. The third-order valence-corrected chi connectivity index (χ3v) is 2.92. The molecule has 0 bridgehead atoms. The van der Waals surface area contributed by atoms with Gasteiger partial charge in [0.15, 0.2) is 0 Å². The van der Waals surface area contributed by atoms with E-state index < -0.39 is 0 Å². The smallest absolute Gasteiger partial charge is 0.101 e. The monoisotopic (exact) mass is 220 g/mol. The number of nitrogens with zero attached hydrogens (tertiary/aromatic N) is 1. The van der Waals surface area contributed by atoms with Crippen molar-refractivity contribution in [2.24, 2.45) is 0 Å². The van der Waals surface area contributed by atoms with Crippen LogP contribution in [0.1, 0.15) is 17.5 Å². The number of aryl methyl sites for hydroxylation is 1. The normalized spacial score (nSPS) is 9.67. The predicted octanol–water partition coefficient (Wildman–Crippen LogP) is 3.03. The molecule has 80 valence electrons. The number of hydrogen-bond acceptors (Lipinski definition) is 3. The molecular weight excluding hydrogens is 204 g/mol. The first-order valence-corrected chi connectivity index (χ1v) is 6.41. The number of rotatable bonds is 5. The molecule has 0 aliphatic rings. The van der Waals surface area contributed by atoms with Gasteiger partial charge in [-0.25, -0.2) is 0 Å². The highest BCUT2D eigenvalue weighted by Crippen LogP contribution is 2.19. The summed E-state index contributed by atoms with van der Waals surface area (Å²) in [6.07, 6.45) is 3.23. The van der Waals surface area contributed by atoms with Crippen molar-refractivity contribution in [1.82, 2.24) is 0 Å². The van der Waals surface area contributed by atoms with Gasteiger partial charge in [0.05, 0.1) is 11.3 Å². The molecule has 3 heteroatoms. The van der Waals surface area contributed by atoms with E-state index in [1.54, 1.807) is 0 Å². The molecule has 0 radical (unpaired) electrons. The molecule has 1 aromatic rings. The Morgan fingerprint density at radius 3 is 2.93 bits per heavy atom. The van der Waals surface area contributed by atoms with Gasteiger partial charge < -0.3 is 5.32 Å². The quantitative estimate of drug-likeness (QED) is 0.775. The van der Waals surface area contributed by atoms with Gasteiger partial charge in [-0.2, -0.15) is 17.0 Å². The summed E-state index contributed by atoms with van der Waals surface area (Å²) in [5.74, 6) is 1.15. The Kier molecular flexibility index (Phi) is 5.06. The van der Waals surface area contributed by atoms with Crippen LogP contribution in [-0.2, 0) is 0 Å². The van der Waals surface area contributed by atoms with Gasteiger partial charge in [-0.3, -0.25) is 0 Å². The van der Waals surface area contributed by atoms with Crippen LogP contribution in [0.3, 0.4) is 0 Å². The topological polar surface area (TPSA) is 35.8 Å². The van der Waals surface area contributed by atoms with Crippen molar-refractivity contribution in [3.8, 4) is 6.07 Å². The molecule has 0 aliphatic carbocycles. The average Bonchev–Trinajstić information content (AvgIpc) is 2.26. The van der Waals surface area contributed by atoms with Crippen LogP contribution in [0.5, 0.6) is 0 Å². The molecule has 1 N–H and O–H groups in total. The first-order valence-electron chi connectivity index (χ1n) is 5.02. The lowest BCUT2D eigenvalue weighted by Crippen LogP contribution is -2.05. The lowest BCUT2D eigenvalue weighted by Gasteiger charge is -2.10. The zero-order valence-electron chi connectivity index (χ0n) is 9.21. The first kappa shape index (κ1) is 11.9. The largest absolute Gasteiger partial charge is 0.384 e. The summed E-state index contributed by atoms with van der Waals surface area (Å²) in [5.41, 5.74) is 2.86. The molecule has 0 amide bonds. The Morgan fingerprint density at radius 2 is 2.27 bits per heavy atom. The van der Waals surface area contributed by atoms with Crippen molar-refractivity contribution in [3.63, 3.8) is 0 Å². The highest BCUT2D eigenvalue weighted by atomic mass is 32.2. The Balaban J connectivity index is 2.63. The van der Waals surface area contributed by atoms with Crippen LogP contribution in [0.2, 0.25) is 0 Å². The molecule has 0 saturated heterocycles. The minimum absolute atomic E-state index is 0.735. The number of anilines is 1. The summed E-state index contributed by atoms with van der Waals surface area (Å²) in [5, 5.41) is 12.3. The molecule has 0 fully saturated rings. The molecule has 0 aliphatic heterocycles. The van der Waals surface area contributed by atoms with Gasteiger partial charge in [0, 0.05) is 6.54 Å². The molecule has 0 heterocycles. The Morgan fingerprint density at radius 1 is 1.47 bits per heavy atom. The van der Waals surface area contributed by atoms with Crippen molar-refractivity contribution >= 4 is 17.4 Å². The standard InChI is InChI=1S/C12H16N2S/c1-10-5-3-6-11(9-13)12(10)14-7-4-8-15-2/h3,5-6,14H,4,7-8H2,1-2H3. The van der Waals surface area contributed by atoms with E-state index in [4.69, 9.17) is 5.26 Å². The summed E-state index contributed by atoms with van der Waals surface area (Å²) in [6, 6.07) is 8.00. The van der Waals surface area contributed by atoms with Gasteiger partial charge in [0.25, 0.3) is 0 Å². The molecule has 1 rings (SSSR count). The summed E-state index contributed by atoms with van der Waals surface area (Å²) in [6.45, 7) is 2.96. The molecular formula is C12H16N2S. The average molecular weight is 220 g/mol. The maximum Gasteiger partial charge on any atom is 0.101 e. The summed E-state index contributed by atoms with van der Waals surface area (Å²) >= 11 is 1.85. The molecule has 0 atom stereocenters. The maximum atomic E-state index is 8.95. The lowest BCUT2D eigenvalue weighted by atomic mass is 10.1. The molecule has 0 spiro atoms. The lowest BCUT2D eigenvalue weighted by molar-refractivity contribution is 0.990. The van der Waals surface area contributed by atoms with E-state index in [2.05, 4.69) is 17.6 Å². The minimum atomic E-state index is 0.735. The van der Waals surface area contributed by atoms with Crippen molar-refractivity contribution in [2.45, 2.75) is 13.3 Å². The van der Waals surface area contributed by atoms with Crippen LogP contribution >= 0.6 is 11.8 Å². The molecule has 0 aromatic heterocycles. The summed E-state index contributed by atoms with van der Waals surface area (Å²) < 4.78 is 0. The Labute approximate surface area is 95.7 Å². The van der Waals surface area contributed by atoms with E-state index in [1.165, 1.54) is 0 Å². The summed E-state index contributed by atoms with van der Waals surface area (Å²) in [4.78, 5) is 0. The number of nitrogens with one attached hydrogen (secondary N) is 1. The van der Waals surface area contributed by atoms with Crippen LogP contribution < -0.4 is 5.32 Å². The zero-order chi connectivity index (χ0) is 11.1. The van der Waals surface area contributed by atoms with Crippen molar-refractivity contribution < 1.29 is 0 Å². The van der Waals surface area contributed by atoms with E-state index in [0.717, 1.165) is 35.5 Å². The third kappa shape index (κ3) is 3.49. The van der Waals surface area contributed by atoms with E-state index in [1.807, 2.05) is 36.9 Å². The molecule has 1 aromatic carbocycles. The van der Waals surface area contributed by atoms with Crippen molar-refractivity contribution in [1.29, 1.82) is 5.26 Å². The Bertz CT molecular complexity index is 355. The molecule has 2 nitrogen and oxygen atoms in total. The highest BCUT2D eigenvalue weighted by molar-refractivity contribution is 7.98. The number of hydrogen-bond donors (Lipinski definition) is 1. The number of para-hydroxylation sites is 1. The number of benzene rings is 1. The van der Waals surface area contributed by atoms with Gasteiger partial charge in [-0.1, -0.05) is 12.1 Å². The van der Waals surface area contributed by atoms with Crippen LogP contribution in [0.4, 0.5) is 5.69 Å². The van der Waals surface area contributed by atoms with Gasteiger partial charge >= 0.3 is 0 Å². The molecule has 0 unspecified atom stereocenters. The highest BCUT2D eigenvalue weighted by Gasteiger charge is 2.03. The van der Waals surface area contributed by atoms with Crippen LogP contribution in [0.25, 0.3) is 0 Å². The minimum Gasteiger partial charge on any atom is -0.384 e. The van der Waals surface area contributed by atoms with E-state index >= 15 is 0 Å². The van der Waals surface area contributed by atoms with Crippen molar-refractivity contribution in [3.05, 3.63) is 29.3 Å². The molecule has 15 heavy (non-hydrogen) atoms. The number of nitriles is 1. The fourth-order valence-electron chi connectivity index (χ4n) is 1.43.